The number of carbonyl (C=O) groups excluding carboxylic acids is 4. The van der Waals surface area contributed by atoms with Crippen molar-refractivity contribution in [3.8, 4) is 5.75 Å². The second kappa shape index (κ2) is 12.1. The first-order valence-corrected chi connectivity index (χ1v) is 15.5. The number of benzene rings is 3. The zero-order valence-electron chi connectivity index (χ0n) is 23.7. The molecule has 0 aliphatic carbocycles. The Labute approximate surface area is 260 Å². The second-order valence-corrected chi connectivity index (χ2v) is 12.2. The van der Waals surface area contributed by atoms with Crippen molar-refractivity contribution in [2.75, 3.05) is 23.9 Å². The lowest BCUT2D eigenvalue weighted by atomic mass is 9.82. The standard InChI is InChI=1S/C32H27N3O7S2/c1-3-42-31(39)18-13-15-19(16-14-18)33-23(36)17-34-30-27(44-32(34)40)24(21-11-7-8-12-22(21)41-2)25-26(43-30)29(38)35(28(25)37)20-9-5-4-6-10-20/h4-16,24-26H,3,17H2,1-2H3,(H,33,36)/t24-,25?,26?/m1/s1. The van der Waals surface area contributed by atoms with E-state index >= 15 is 0 Å². The molecule has 1 aromatic heterocycles. The first-order valence-electron chi connectivity index (χ1n) is 13.8. The number of carbonyl (C=O) groups is 4. The molecule has 1 N–H and O–H groups in total. The molecule has 1 saturated heterocycles. The van der Waals surface area contributed by atoms with Crippen LogP contribution in [0.15, 0.2) is 88.7 Å². The number of esters is 1. The molecule has 1 fully saturated rings. The van der Waals surface area contributed by atoms with Crippen molar-refractivity contribution in [2.24, 2.45) is 5.92 Å². The third-order valence-corrected chi connectivity index (χ3v) is 10.1. The number of ether oxygens (including phenoxy) is 2. The Balaban J connectivity index is 1.35. The second-order valence-electron chi connectivity index (χ2n) is 10.1. The monoisotopic (exact) mass is 629 g/mol. The molecule has 224 valence electrons. The highest BCUT2D eigenvalue weighted by atomic mass is 32.2. The summed E-state index contributed by atoms with van der Waals surface area (Å²) in [6.45, 7) is 1.66. The number of imide groups is 1. The van der Waals surface area contributed by atoms with Gasteiger partial charge < -0.3 is 14.8 Å². The molecule has 2 unspecified atom stereocenters. The number of aromatic nitrogens is 1. The van der Waals surface area contributed by atoms with Gasteiger partial charge in [0.2, 0.25) is 17.7 Å². The van der Waals surface area contributed by atoms with E-state index in [4.69, 9.17) is 9.47 Å². The van der Waals surface area contributed by atoms with Crippen LogP contribution in [0.4, 0.5) is 11.4 Å². The Hall–Kier alpha value is -4.68. The maximum atomic E-state index is 14.0. The van der Waals surface area contributed by atoms with Gasteiger partial charge in [-0.05, 0) is 49.4 Å². The minimum atomic E-state index is -0.816. The van der Waals surface area contributed by atoms with E-state index in [-0.39, 0.29) is 29.8 Å². The van der Waals surface area contributed by atoms with Gasteiger partial charge in [-0.2, -0.15) is 0 Å². The number of anilines is 2. The maximum Gasteiger partial charge on any atom is 0.338 e. The number of thioether (sulfide) groups is 1. The summed E-state index contributed by atoms with van der Waals surface area (Å²) in [6.07, 6.45) is 0. The summed E-state index contributed by atoms with van der Waals surface area (Å²) >= 11 is 2.11. The van der Waals surface area contributed by atoms with Crippen LogP contribution in [0.2, 0.25) is 0 Å². The fraction of sp³-hybridized carbons (Fsp3) is 0.219. The number of hydrogen-bond donors (Lipinski definition) is 1. The fourth-order valence-corrected chi connectivity index (χ4v) is 8.36. The lowest BCUT2D eigenvalue weighted by molar-refractivity contribution is -0.122. The van der Waals surface area contributed by atoms with E-state index in [9.17, 15) is 24.0 Å². The molecule has 3 amide bonds. The van der Waals surface area contributed by atoms with Gasteiger partial charge >= 0.3 is 10.8 Å². The van der Waals surface area contributed by atoms with Crippen LogP contribution in [0.25, 0.3) is 0 Å². The number of amides is 3. The van der Waals surface area contributed by atoms with Gasteiger partial charge in [0, 0.05) is 22.0 Å². The summed E-state index contributed by atoms with van der Waals surface area (Å²) < 4.78 is 12.0. The van der Waals surface area contributed by atoms with Crippen LogP contribution in [-0.4, -0.2) is 47.2 Å². The Kier molecular flexibility index (Phi) is 8.11. The van der Waals surface area contributed by atoms with Crippen molar-refractivity contribution in [2.45, 2.75) is 29.7 Å². The lowest BCUT2D eigenvalue weighted by Crippen LogP contribution is -2.33. The van der Waals surface area contributed by atoms with Crippen molar-refractivity contribution < 1.29 is 28.7 Å². The van der Waals surface area contributed by atoms with Gasteiger partial charge in [0.1, 0.15) is 17.5 Å². The molecule has 3 aromatic carbocycles. The zero-order chi connectivity index (χ0) is 31.0. The maximum absolute atomic E-state index is 14.0. The van der Waals surface area contributed by atoms with E-state index in [1.807, 2.05) is 24.3 Å². The molecular formula is C32H27N3O7S2. The van der Waals surface area contributed by atoms with E-state index in [0.717, 1.165) is 23.1 Å². The smallest absolute Gasteiger partial charge is 0.338 e. The molecular weight excluding hydrogens is 603 g/mol. The van der Waals surface area contributed by atoms with Crippen LogP contribution >= 0.6 is 23.1 Å². The molecule has 3 atom stereocenters. The molecule has 6 rings (SSSR count). The van der Waals surface area contributed by atoms with Gasteiger partial charge in [-0.3, -0.25) is 23.7 Å². The Morgan fingerprint density at radius 2 is 1.61 bits per heavy atom. The molecule has 44 heavy (non-hydrogen) atoms. The van der Waals surface area contributed by atoms with Crippen molar-refractivity contribution >= 4 is 58.2 Å². The number of nitrogens with one attached hydrogen (secondary N) is 1. The minimum absolute atomic E-state index is 0.249. The zero-order valence-corrected chi connectivity index (χ0v) is 25.4. The SMILES string of the molecule is CCOC(=O)c1ccc(NC(=O)Cn2c3c(sc2=O)[C@H](c2ccccc2OC)C2C(=O)N(c4ccccc4)C(=O)C2S3)cc1. The van der Waals surface area contributed by atoms with E-state index in [1.165, 1.54) is 16.6 Å². The third kappa shape index (κ3) is 5.20. The summed E-state index contributed by atoms with van der Waals surface area (Å²) in [6, 6.07) is 22.3. The predicted molar refractivity (Wildman–Crippen MR) is 167 cm³/mol. The first-order chi connectivity index (χ1) is 21.3. The first kappa shape index (κ1) is 29.4. The number of methoxy groups -OCH3 is 1. The third-order valence-electron chi connectivity index (χ3n) is 7.52. The van der Waals surface area contributed by atoms with Crippen LogP contribution in [-0.2, 0) is 25.7 Å². The van der Waals surface area contributed by atoms with Gasteiger partial charge in [0.05, 0.1) is 35.9 Å². The van der Waals surface area contributed by atoms with Crippen LogP contribution in [0, 0.1) is 5.92 Å². The quantitative estimate of drug-likeness (QED) is 0.223. The number of para-hydroxylation sites is 2. The molecule has 12 heteroatoms. The molecule has 0 spiro atoms. The van der Waals surface area contributed by atoms with Gasteiger partial charge in [-0.1, -0.05) is 59.5 Å². The van der Waals surface area contributed by atoms with Gasteiger partial charge in [-0.15, -0.1) is 0 Å². The Morgan fingerprint density at radius 3 is 2.32 bits per heavy atom. The summed E-state index contributed by atoms with van der Waals surface area (Å²) in [5.41, 5.74) is 1.95. The van der Waals surface area contributed by atoms with Crippen molar-refractivity contribution in [1.29, 1.82) is 0 Å². The highest BCUT2D eigenvalue weighted by Crippen LogP contribution is 2.55. The van der Waals surface area contributed by atoms with Gasteiger partial charge in [0.25, 0.3) is 0 Å². The highest BCUT2D eigenvalue weighted by molar-refractivity contribution is 8.00. The van der Waals surface area contributed by atoms with Crippen LogP contribution < -0.4 is 19.8 Å². The normalized spacial score (nSPS) is 18.9. The van der Waals surface area contributed by atoms with E-state index in [2.05, 4.69) is 5.32 Å². The topological polar surface area (TPSA) is 124 Å². The predicted octanol–water partition coefficient (Wildman–Crippen LogP) is 4.53. The minimum Gasteiger partial charge on any atom is -0.496 e. The van der Waals surface area contributed by atoms with Crippen molar-refractivity contribution in [3.63, 3.8) is 0 Å². The molecule has 4 aromatic rings. The Bertz CT molecular complexity index is 1820. The van der Waals surface area contributed by atoms with Crippen molar-refractivity contribution in [1.82, 2.24) is 4.57 Å². The summed E-state index contributed by atoms with van der Waals surface area (Å²) in [7, 11) is 1.53. The van der Waals surface area contributed by atoms with Crippen molar-refractivity contribution in [3.05, 3.63) is 105 Å². The fourth-order valence-electron chi connectivity index (χ4n) is 5.59. The molecule has 0 bridgehead atoms. The number of fused-ring (bicyclic) bond motifs is 2. The van der Waals surface area contributed by atoms with E-state index in [0.29, 0.717) is 38.2 Å². The summed E-state index contributed by atoms with van der Waals surface area (Å²) in [5, 5.41) is 2.42. The Morgan fingerprint density at radius 1 is 0.909 bits per heavy atom. The largest absolute Gasteiger partial charge is 0.496 e. The summed E-state index contributed by atoms with van der Waals surface area (Å²) in [5.74, 6) is -2.55. The van der Waals surface area contributed by atoms with E-state index < -0.39 is 29.0 Å². The lowest BCUT2D eigenvalue weighted by Gasteiger charge is -2.31. The highest BCUT2D eigenvalue weighted by Gasteiger charge is 2.57. The molecule has 0 saturated carbocycles. The van der Waals surface area contributed by atoms with Crippen LogP contribution in [0.3, 0.4) is 0 Å². The van der Waals surface area contributed by atoms with Gasteiger partial charge in [0.15, 0.2) is 0 Å². The molecule has 2 aliphatic heterocycles. The van der Waals surface area contributed by atoms with Crippen LogP contribution in [0.1, 0.15) is 33.6 Å². The molecule has 10 nitrogen and oxygen atoms in total. The molecule has 2 aliphatic rings. The number of nitrogens with zero attached hydrogens (tertiary/aromatic N) is 2. The number of rotatable bonds is 8. The average molecular weight is 630 g/mol. The molecule has 3 heterocycles. The van der Waals surface area contributed by atoms with Gasteiger partial charge in [-0.25, -0.2) is 9.69 Å². The number of thiazole rings is 1. The number of hydrogen-bond acceptors (Lipinski definition) is 9. The average Bonchev–Trinajstić information content (AvgIpc) is 3.48. The van der Waals surface area contributed by atoms with E-state index in [1.54, 1.807) is 61.5 Å². The summed E-state index contributed by atoms with van der Waals surface area (Å²) in [4.78, 5) is 67.8. The van der Waals surface area contributed by atoms with Crippen LogP contribution in [0.5, 0.6) is 5.75 Å². The molecule has 0 radical (unpaired) electrons.